The van der Waals surface area contributed by atoms with Crippen molar-refractivity contribution in [3.8, 4) is 5.88 Å². The van der Waals surface area contributed by atoms with Crippen LogP contribution in [0, 0.1) is 0 Å². The van der Waals surface area contributed by atoms with Crippen molar-refractivity contribution in [3.63, 3.8) is 0 Å². The van der Waals surface area contributed by atoms with Gasteiger partial charge in [0.2, 0.25) is 11.8 Å². The zero-order valence-electron chi connectivity index (χ0n) is 14.6. The van der Waals surface area contributed by atoms with Crippen molar-refractivity contribution in [1.29, 1.82) is 0 Å². The number of methoxy groups -OCH3 is 1. The molecule has 0 aliphatic carbocycles. The molecule has 4 heterocycles. The Morgan fingerprint density at radius 2 is 2.00 bits per heavy atom. The number of nitrogens with one attached hydrogen (secondary N) is 1. The molecule has 0 amide bonds. The van der Waals surface area contributed by atoms with Crippen LogP contribution in [0.2, 0.25) is 0 Å². The van der Waals surface area contributed by atoms with Gasteiger partial charge in [0.05, 0.1) is 7.11 Å². The van der Waals surface area contributed by atoms with Gasteiger partial charge < -0.3 is 14.6 Å². The van der Waals surface area contributed by atoms with Crippen molar-refractivity contribution >= 4 is 17.0 Å². The maximum absolute atomic E-state index is 13.1. The van der Waals surface area contributed by atoms with Crippen LogP contribution in [0.4, 0.5) is 19.1 Å². The number of rotatable bonds is 3. The van der Waals surface area contributed by atoms with Crippen LogP contribution < -0.4 is 9.64 Å². The number of hydrogen-bond acceptors (Lipinski definition) is 5. The van der Waals surface area contributed by atoms with Gasteiger partial charge in [-0.05, 0) is 36.5 Å². The lowest BCUT2D eigenvalue weighted by Gasteiger charge is -2.32. The fraction of sp³-hybridized carbons (Fsp3) is 0.389. The predicted molar refractivity (Wildman–Crippen MR) is 93.9 cm³/mol. The monoisotopic (exact) mass is 377 g/mol. The van der Waals surface area contributed by atoms with Crippen LogP contribution in [-0.2, 0) is 6.18 Å². The van der Waals surface area contributed by atoms with Gasteiger partial charge in [-0.1, -0.05) is 0 Å². The molecule has 0 atom stereocenters. The van der Waals surface area contributed by atoms with Crippen LogP contribution in [0.5, 0.6) is 5.88 Å². The Morgan fingerprint density at radius 1 is 1.22 bits per heavy atom. The first-order valence-electron chi connectivity index (χ1n) is 8.63. The highest BCUT2D eigenvalue weighted by atomic mass is 19.4. The SMILES string of the molecule is COc1cc(C(F)(F)F)nc(N2CCC(c3c[nH]c4ncccc34)CC2)n1. The van der Waals surface area contributed by atoms with Crippen molar-refractivity contribution < 1.29 is 17.9 Å². The van der Waals surface area contributed by atoms with E-state index >= 15 is 0 Å². The Hall–Kier alpha value is -2.84. The number of aromatic nitrogens is 4. The molecule has 1 saturated heterocycles. The van der Waals surface area contributed by atoms with Crippen LogP contribution in [0.3, 0.4) is 0 Å². The van der Waals surface area contributed by atoms with E-state index < -0.39 is 11.9 Å². The maximum Gasteiger partial charge on any atom is 0.433 e. The van der Waals surface area contributed by atoms with Crippen molar-refractivity contribution in [2.75, 3.05) is 25.1 Å². The molecule has 0 saturated carbocycles. The fourth-order valence-electron chi connectivity index (χ4n) is 3.51. The summed E-state index contributed by atoms with van der Waals surface area (Å²) in [5.41, 5.74) is 1.05. The Labute approximate surface area is 153 Å². The number of hydrogen-bond donors (Lipinski definition) is 1. The van der Waals surface area contributed by atoms with E-state index in [9.17, 15) is 13.2 Å². The molecule has 6 nitrogen and oxygen atoms in total. The van der Waals surface area contributed by atoms with E-state index in [0.717, 1.165) is 29.9 Å². The second kappa shape index (κ2) is 6.71. The largest absolute Gasteiger partial charge is 0.481 e. The second-order valence-corrected chi connectivity index (χ2v) is 6.50. The first-order chi connectivity index (χ1) is 13.0. The molecule has 3 aromatic rings. The van der Waals surface area contributed by atoms with Gasteiger partial charge >= 0.3 is 6.18 Å². The molecule has 1 fully saturated rings. The summed E-state index contributed by atoms with van der Waals surface area (Å²) in [4.78, 5) is 17.1. The number of H-pyrrole nitrogens is 1. The van der Waals surface area contributed by atoms with E-state index in [1.807, 2.05) is 18.3 Å². The summed E-state index contributed by atoms with van der Waals surface area (Å²) in [7, 11) is 1.30. The highest BCUT2D eigenvalue weighted by Gasteiger charge is 2.35. The number of nitrogens with zero attached hydrogens (tertiary/aromatic N) is 4. The molecule has 0 unspecified atom stereocenters. The summed E-state index contributed by atoms with van der Waals surface area (Å²) in [5, 5.41) is 1.09. The molecule has 27 heavy (non-hydrogen) atoms. The molecular weight excluding hydrogens is 359 g/mol. The van der Waals surface area contributed by atoms with Gasteiger partial charge in [0.25, 0.3) is 0 Å². The smallest absolute Gasteiger partial charge is 0.433 e. The average molecular weight is 377 g/mol. The molecule has 0 spiro atoms. The van der Waals surface area contributed by atoms with E-state index in [1.54, 1.807) is 11.1 Å². The molecule has 1 aliphatic heterocycles. The van der Waals surface area contributed by atoms with Gasteiger partial charge in [-0.15, -0.1) is 0 Å². The van der Waals surface area contributed by atoms with Gasteiger partial charge in [0.15, 0.2) is 5.69 Å². The molecule has 0 bridgehead atoms. The second-order valence-electron chi connectivity index (χ2n) is 6.50. The summed E-state index contributed by atoms with van der Waals surface area (Å²) >= 11 is 0. The third-order valence-corrected chi connectivity index (χ3v) is 4.89. The van der Waals surface area contributed by atoms with Crippen LogP contribution >= 0.6 is 0 Å². The Balaban J connectivity index is 1.54. The topological polar surface area (TPSA) is 66.9 Å². The molecule has 0 radical (unpaired) electrons. The minimum Gasteiger partial charge on any atom is -0.481 e. The van der Waals surface area contributed by atoms with Crippen molar-refractivity contribution in [2.45, 2.75) is 24.9 Å². The van der Waals surface area contributed by atoms with Crippen LogP contribution in [0.15, 0.2) is 30.6 Å². The number of pyridine rings is 1. The summed E-state index contributed by atoms with van der Waals surface area (Å²) in [5.74, 6) is 0.282. The summed E-state index contributed by atoms with van der Waals surface area (Å²) in [6.07, 6.45) is 0.763. The maximum atomic E-state index is 13.1. The quantitative estimate of drug-likeness (QED) is 0.753. The number of fused-ring (bicyclic) bond motifs is 1. The highest BCUT2D eigenvalue weighted by molar-refractivity contribution is 5.80. The number of ether oxygens (including phenoxy) is 1. The number of alkyl halides is 3. The number of halogens is 3. The fourth-order valence-corrected chi connectivity index (χ4v) is 3.51. The number of aromatic amines is 1. The van der Waals surface area contributed by atoms with Gasteiger partial charge in [-0.2, -0.15) is 18.2 Å². The van der Waals surface area contributed by atoms with E-state index in [1.165, 1.54) is 12.7 Å². The molecule has 9 heteroatoms. The predicted octanol–water partition coefficient (Wildman–Crippen LogP) is 3.76. The number of anilines is 1. The summed E-state index contributed by atoms with van der Waals surface area (Å²) in [6, 6.07) is 4.74. The molecule has 0 aromatic carbocycles. The normalized spacial score (nSPS) is 16.1. The molecule has 3 aromatic heterocycles. The lowest BCUT2D eigenvalue weighted by molar-refractivity contribution is -0.141. The van der Waals surface area contributed by atoms with Crippen LogP contribution in [0.1, 0.15) is 30.0 Å². The Morgan fingerprint density at radius 3 is 2.70 bits per heavy atom. The lowest BCUT2D eigenvalue weighted by Crippen LogP contribution is -2.34. The van der Waals surface area contributed by atoms with Gasteiger partial charge in [-0.25, -0.2) is 9.97 Å². The first-order valence-corrected chi connectivity index (χ1v) is 8.63. The zero-order chi connectivity index (χ0) is 19.0. The Bertz CT molecular complexity index is 948. The summed E-state index contributed by atoms with van der Waals surface area (Å²) < 4.78 is 44.1. The molecule has 1 aliphatic rings. The lowest BCUT2D eigenvalue weighted by atomic mass is 9.89. The van der Waals surface area contributed by atoms with Crippen LogP contribution in [0.25, 0.3) is 11.0 Å². The van der Waals surface area contributed by atoms with Crippen LogP contribution in [-0.4, -0.2) is 40.1 Å². The molecule has 142 valence electrons. The van der Waals surface area contributed by atoms with Crippen molar-refractivity contribution in [2.24, 2.45) is 0 Å². The van der Waals surface area contributed by atoms with Crippen molar-refractivity contribution in [3.05, 3.63) is 41.9 Å². The van der Waals surface area contributed by atoms with Gasteiger partial charge in [0, 0.05) is 36.9 Å². The summed E-state index contributed by atoms with van der Waals surface area (Å²) in [6.45, 7) is 1.14. The molecule has 1 N–H and O–H groups in total. The van der Waals surface area contributed by atoms with Gasteiger partial charge in [0.1, 0.15) is 5.65 Å². The number of piperidine rings is 1. The third-order valence-electron chi connectivity index (χ3n) is 4.89. The van der Waals surface area contributed by atoms with Crippen molar-refractivity contribution in [1.82, 2.24) is 19.9 Å². The van der Waals surface area contributed by atoms with Gasteiger partial charge in [-0.3, -0.25) is 0 Å². The highest BCUT2D eigenvalue weighted by Crippen LogP contribution is 2.35. The third kappa shape index (κ3) is 3.41. The minimum atomic E-state index is -4.54. The van der Waals surface area contributed by atoms with E-state index in [0.29, 0.717) is 19.0 Å². The van der Waals surface area contributed by atoms with E-state index in [-0.39, 0.29) is 11.8 Å². The first kappa shape index (κ1) is 17.6. The molecular formula is C18H18F3N5O. The zero-order valence-corrected chi connectivity index (χ0v) is 14.6. The minimum absolute atomic E-state index is 0.0562. The molecule has 4 rings (SSSR count). The van der Waals surface area contributed by atoms with E-state index in [2.05, 4.69) is 19.9 Å². The standard InChI is InChI=1S/C18H18F3N5O/c1-27-15-9-14(18(19,20)21)24-17(25-15)26-7-4-11(5-8-26)13-10-23-16-12(13)3-2-6-22-16/h2-3,6,9-11H,4-5,7-8H2,1H3,(H,22,23). The van der Waals surface area contributed by atoms with E-state index in [4.69, 9.17) is 4.74 Å². The average Bonchev–Trinajstić information content (AvgIpc) is 3.11. The Kier molecular flexibility index (Phi) is 4.37.